The molecule has 0 aliphatic rings. The summed E-state index contributed by atoms with van der Waals surface area (Å²) in [5.74, 6) is 0. The van der Waals surface area contributed by atoms with Crippen LogP contribution in [0.2, 0.25) is 0 Å². The van der Waals surface area contributed by atoms with Gasteiger partial charge in [-0.1, -0.05) is 18.2 Å². The molecule has 100 valence electrons. The topological polar surface area (TPSA) is 33.1 Å². The highest BCUT2D eigenvalue weighted by Gasteiger charge is 2.12. The van der Waals surface area contributed by atoms with Crippen LogP contribution in [0.5, 0.6) is 0 Å². The van der Waals surface area contributed by atoms with Crippen LogP contribution in [-0.2, 0) is 0 Å². The second kappa shape index (κ2) is 5.64. The Balaban J connectivity index is 2.02. The molecule has 0 aliphatic carbocycles. The van der Waals surface area contributed by atoms with Crippen LogP contribution in [0.1, 0.15) is 17.2 Å². The summed E-state index contributed by atoms with van der Waals surface area (Å²) in [4.78, 5) is 4.28. The van der Waals surface area contributed by atoms with E-state index >= 15 is 0 Å². The standard InChI is InChI=1S/C16H11Br2NO/c17-13-5-3-12(9-14(13)18)16(20)11-4-6-15-10(8-11)2-1-7-19-15/h1-9,16,20H. The molecule has 4 heteroatoms. The molecular weight excluding hydrogens is 382 g/mol. The van der Waals surface area contributed by atoms with Gasteiger partial charge in [0, 0.05) is 20.5 Å². The van der Waals surface area contributed by atoms with E-state index in [4.69, 9.17) is 0 Å². The number of aliphatic hydroxyl groups excluding tert-OH is 1. The first-order valence-corrected chi connectivity index (χ1v) is 7.71. The highest BCUT2D eigenvalue weighted by Crippen LogP contribution is 2.30. The van der Waals surface area contributed by atoms with Crippen molar-refractivity contribution in [1.29, 1.82) is 0 Å². The fourth-order valence-electron chi connectivity index (χ4n) is 2.14. The molecule has 2 nitrogen and oxygen atoms in total. The van der Waals surface area contributed by atoms with Gasteiger partial charge < -0.3 is 5.11 Å². The van der Waals surface area contributed by atoms with Crippen LogP contribution >= 0.6 is 31.9 Å². The maximum Gasteiger partial charge on any atom is 0.104 e. The van der Waals surface area contributed by atoms with Crippen LogP contribution in [0.3, 0.4) is 0 Å². The van der Waals surface area contributed by atoms with E-state index in [2.05, 4.69) is 36.8 Å². The number of benzene rings is 2. The van der Waals surface area contributed by atoms with E-state index in [-0.39, 0.29) is 0 Å². The average molecular weight is 393 g/mol. The summed E-state index contributed by atoms with van der Waals surface area (Å²) in [6, 6.07) is 15.5. The highest BCUT2D eigenvalue weighted by atomic mass is 79.9. The van der Waals surface area contributed by atoms with E-state index < -0.39 is 6.10 Å². The molecule has 0 spiro atoms. The van der Waals surface area contributed by atoms with Crippen molar-refractivity contribution in [3.63, 3.8) is 0 Å². The molecule has 3 rings (SSSR count). The lowest BCUT2D eigenvalue weighted by Crippen LogP contribution is -1.99. The Kier molecular flexibility index (Phi) is 3.87. The predicted octanol–water partition coefficient (Wildman–Crippen LogP) is 4.84. The van der Waals surface area contributed by atoms with Gasteiger partial charge in [0.1, 0.15) is 6.10 Å². The number of aliphatic hydroxyl groups is 1. The SMILES string of the molecule is OC(c1ccc(Br)c(Br)c1)c1ccc2ncccc2c1. The summed E-state index contributed by atoms with van der Waals surface area (Å²) in [6.45, 7) is 0. The van der Waals surface area contributed by atoms with Crippen molar-refractivity contribution in [2.24, 2.45) is 0 Å². The molecule has 0 fully saturated rings. The quantitative estimate of drug-likeness (QED) is 0.676. The zero-order chi connectivity index (χ0) is 14.1. The Morgan fingerprint density at radius 2 is 1.65 bits per heavy atom. The van der Waals surface area contributed by atoms with Crippen molar-refractivity contribution in [2.75, 3.05) is 0 Å². The van der Waals surface area contributed by atoms with Gasteiger partial charge in [-0.2, -0.15) is 0 Å². The number of pyridine rings is 1. The lowest BCUT2D eigenvalue weighted by Gasteiger charge is -2.13. The normalized spacial score (nSPS) is 12.6. The Bertz CT molecular complexity index is 773. The molecule has 3 aromatic rings. The number of rotatable bonds is 2. The third kappa shape index (κ3) is 2.64. The van der Waals surface area contributed by atoms with Crippen molar-refractivity contribution < 1.29 is 5.11 Å². The molecule has 1 unspecified atom stereocenters. The molecule has 0 bridgehead atoms. The number of fused-ring (bicyclic) bond motifs is 1. The van der Waals surface area contributed by atoms with Crippen LogP contribution in [0.15, 0.2) is 63.7 Å². The first-order chi connectivity index (χ1) is 9.65. The third-order valence-corrected chi connectivity index (χ3v) is 5.08. The molecule has 1 heterocycles. The first kappa shape index (κ1) is 13.7. The second-order valence-corrected chi connectivity index (χ2v) is 6.24. The molecule has 1 N–H and O–H groups in total. The van der Waals surface area contributed by atoms with E-state index in [1.807, 2.05) is 48.5 Å². The van der Waals surface area contributed by atoms with Crippen molar-refractivity contribution in [3.8, 4) is 0 Å². The third-order valence-electron chi connectivity index (χ3n) is 3.20. The minimum Gasteiger partial charge on any atom is -0.384 e. The van der Waals surface area contributed by atoms with Crippen molar-refractivity contribution in [1.82, 2.24) is 4.98 Å². The van der Waals surface area contributed by atoms with E-state index in [1.54, 1.807) is 6.20 Å². The van der Waals surface area contributed by atoms with Crippen LogP contribution in [0.25, 0.3) is 10.9 Å². The lowest BCUT2D eigenvalue weighted by atomic mass is 10.00. The summed E-state index contributed by atoms with van der Waals surface area (Å²) in [5, 5.41) is 11.5. The van der Waals surface area contributed by atoms with Crippen molar-refractivity contribution in [3.05, 3.63) is 74.8 Å². The first-order valence-electron chi connectivity index (χ1n) is 6.13. The molecule has 1 atom stereocenters. The Morgan fingerprint density at radius 1 is 0.900 bits per heavy atom. The molecule has 0 saturated heterocycles. The number of hydrogen-bond acceptors (Lipinski definition) is 2. The minimum absolute atomic E-state index is 0.649. The Labute approximate surface area is 133 Å². The van der Waals surface area contributed by atoms with Crippen LogP contribution in [0.4, 0.5) is 0 Å². The van der Waals surface area contributed by atoms with Gasteiger partial charge >= 0.3 is 0 Å². The van der Waals surface area contributed by atoms with Gasteiger partial charge in [0.05, 0.1) is 5.52 Å². The van der Waals surface area contributed by atoms with Crippen molar-refractivity contribution >= 4 is 42.8 Å². The fraction of sp³-hybridized carbons (Fsp3) is 0.0625. The molecular formula is C16H11Br2NO. The van der Waals surface area contributed by atoms with Gasteiger partial charge in [0.15, 0.2) is 0 Å². The van der Waals surface area contributed by atoms with Gasteiger partial charge in [0.2, 0.25) is 0 Å². The molecule has 20 heavy (non-hydrogen) atoms. The van der Waals surface area contributed by atoms with Crippen LogP contribution in [-0.4, -0.2) is 10.1 Å². The Hall–Kier alpha value is -1.23. The lowest BCUT2D eigenvalue weighted by molar-refractivity contribution is 0.220. The van der Waals surface area contributed by atoms with E-state index in [9.17, 15) is 5.11 Å². The smallest absolute Gasteiger partial charge is 0.104 e. The summed E-state index contributed by atoms with van der Waals surface area (Å²) in [7, 11) is 0. The zero-order valence-electron chi connectivity index (χ0n) is 10.4. The van der Waals surface area contributed by atoms with Crippen LogP contribution in [0, 0.1) is 0 Å². The summed E-state index contributed by atoms with van der Waals surface area (Å²) in [5.41, 5.74) is 2.64. The fourth-order valence-corrected chi connectivity index (χ4v) is 2.78. The minimum atomic E-state index is -0.649. The summed E-state index contributed by atoms with van der Waals surface area (Å²) in [6.07, 6.45) is 1.12. The number of hydrogen-bond donors (Lipinski definition) is 1. The predicted molar refractivity (Wildman–Crippen MR) is 87.6 cm³/mol. The van der Waals surface area contributed by atoms with Gasteiger partial charge in [-0.05, 0) is 73.3 Å². The number of halogens is 2. The molecule has 1 aromatic heterocycles. The Morgan fingerprint density at radius 3 is 2.45 bits per heavy atom. The van der Waals surface area contributed by atoms with Gasteiger partial charge in [-0.25, -0.2) is 0 Å². The molecule has 0 amide bonds. The number of nitrogens with zero attached hydrogens (tertiary/aromatic N) is 1. The molecule has 2 aromatic carbocycles. The van der Waals surface area contributed by atoms with E-state index in [1.165, 1.54) is 0 Å². The highest BCUT2D eigenvalue weighted by molar-refractivity contribution is 9.13. The van der Waals surface area contributed by atoms with Crippen molar-refractivity contribution in [2.45, 2.75) is 6.10 Å². The van der Waals surface area contributed by atoms with Gasteiger partial charge in [0.25, 0.3) is 0 Å². The second-order valence-electron chi connectivity index (χ2n) is 4.53. The number of aromatic nitrogens is 1. The molecule has 0 saturated carbocycles. The maximum absolute atomic E-state index is 10.5. The van der Waals surface area contributed by atoms with Gasteiger partial charge in [-0.3, -0.25) is 4.98 Å². The largest absolute Gasteiger partial charge is 0.384 e. The molecule has 0 aliphatic heterocycles. The average Bonchev–Trinajstić information content (AvgIpc) is 2.49. The monoisotopic (exact) mass is 391 g/mol. The summed E-state index contributed by atoms with van der Waals surface area (Å²) < 4.78 is 1.90. The van der Waals surface area contributed by atoms with Crippen LogP contribution < -0.4 is 0 Å². The summed E-state index contributed by atoms with van der Waals surface area (Å²) >= 11 is 6.89. The van der Waals surface area contributed by atoms with E-state index in [0.29, 0.717) is 0 Å². The molecule has 0 radical (unpaired) electrons. The van der Waals surface area contributed by atoms with E-state index in [0.717, 1.165) is 31.0 Å². The maximum atomic E-state index is 10.5. The zero-order valence-corrected chi connectivity index (χ0v) is 13.6. The van der Waals surface area contributed by atoms with Gasteiger partial charge in [-0.15, -0.1) is 0 Å².